The zero-order valence-corrected chi connectivity index (χ0v) is 12.9. The number of ether oxygens (including phenoxy) is 1. The van der Waals surface area contributed by atoms with Gasteiger partial charge in [0.1, 0.15) is 5.82 Å². The standard InChI is InChI=1S/C14H26N4O2/c1-5-15-6-13-11(3)16-17(4)14(13)18-7-12(8-19)20-9-10(18)2/h10,12,15,19H,5-9H2,1-4H3. The maximum Gasteiger partial charge on any atom is 0.131 e. The van der Waals surface area contributed by atoms with Crippen molar-refractivity contribution in [2.45, 2.75) is 39.5 Å². The van der Waals surface area contributed by atoms with Crippen LogP contribution in [0.5, 0.6) is 0 Å². The number of hydrogen-bond donors (Lipinski definition) is 2. The molecule has 2 unspecified atom stereocenters. The summed E-state index contributed by atoms with van der Waals surface area (Å²) >= 11 is 0. The van der Waals surface area contributed by atoms with E-state index in [1.807, 2.05) is 18.7 Å². The number of nitrogens with one attached hydrogen (secondary N) is 1. The number of hydrogen-bond acceptors (Lipinski definition) is 5. The molecule has 1 aromatic heterocycles. The molecule has 0 spiro atoms. The van der Waals surface area contributed by atoms with Gasteiger partial charge in [-0.15, -0.1) is 0 Å². The Morgan fingerprint density at radius 3 is 2.90 bits per heavy atom. The second kappa shape index (κ2) is 6.56. The molecule has 1 fully saturated rings. The molecule has 0 saturated carbocycles. The highest BCUT2D eigenvalue weighted by Crippen LogP contribution is 2.27. The molecule has 6 nitrogen and oxygen atoms in total. The highest BCUT2D eigenvalue weighted by atomic mass is 16.5. The van der Waals surface area contributed by atoms with Crippen molar-refractivity contribution < 1.29 is 9.84 Å². The molecule has 2 N–H and O–H groups in total. The van der Waals surface area contributed by atoms with Gasteiger partial charge in [-0.2, -0.15) is 5.10 Å². The summed E-state index contributed by atoms with van der Waals surface area (Å²) in [6.07, 6.45) is -0.117. The van der Waals surface area contributed by atoms with Gasteiger partial charge in [-0.3, -0.25) is 4.68 Å². The summed E-state index contributed by atoms with van der Waals surface area (Å²) < 4.78 is 7.56. The van der Waals surface area contributed by atoms with Gasteiger partial charge in [0.2, 0.25) is 0 Å². The summed E-state index contributed by atoms with van der Waals surface area (Å²) in [6.45, 7) is 9.45. The Morgan fingerprint density at radius 2 is 2.25 bits per heavy atom. The largest absolute Gasteiger partial charge is 0.394 e. The van der Waals surface area contributed by atoms with Gasteiger partial charge in [0.25, 0.3) is 0 Å². The third-order valence-corrected chi connectivity index (χ3v) is 3.85. The van der Waals surface area contributed by atoms with Gasteiger partial charge in [0.15, 0.2) is 0 Å². The van der Waals surface area contributed by atoms with Gasteiger partial charge in [0.05, 0.1) is 31.1 Å². The Balaban J connectivity index is 2.29. The Kier molecular flexibility index (Phi) is 5.01. The molecule has 2 heterocycles. The number of rotatable bonds is 5. The van der Waals surface area contributed by atoms with Crippen LogP contribution in [-0.4, -0.2) is 53.3 Å². The summed E-state index contributed by atoms with van der Waals surface area (Å²) in [5.74, 6) is 1.14. The molecule has 2 rings (SSSR count). The van der Waals surface area contributed by atoms with Crippen LogP contribution in [0.4, 0.5) is 5.82 Å². The highest BCUT2D eigenvalue weighted by Gasteiger charge is 2.30. The first-order chi connectivity index (χ1) is 9.58. The van der Waals surface area contributed by atoms with Crippen LogP contribution in [0.15, 0.2) is 0 Å². The van der Waals surface area contributed by atoms with E-state index >= 15 is 0 Å². The zero-order valence-electron chi connectivity index (χ0n) is 12.9. The van der Waals surface area contributed by atoms with E-state index in [9.17, 15) is 5.11 Å². The predicted octanol–water partition coefficient (Wildman–Crippen LogP) is 0.424. The maximum absolute atomic E-state index is 9.34. The van der Waals surface area contributed by atoms with Gasteiger partial charge in [-0.25, -0.2) is 0 Å². The van der Waals surface area contributed by atoms with Crippen molar-refractivity contribution in [2.75, 3.05) is 31.2 Å². The normalized spacial score (nSPS) is 23.4. The molecule has 0 aliphatic carbocycles. The quantitative estimate of drug-likeness (QED) is 0.820. The molecule has 2 atom stereocenters. The molecule has 1 aromatic rings. The molecular weight excluding hydrogens is 256 g/mol. The van der Waals surface area contributed by atoms with Crippen molar-refractivity contribution in [3.63, 3.8) is 0 Å². The Bertz CT molecular complexity index is 447. The fraction of sp³-hybridized carbons (Fsp3) is 0.786. The van der Waals surface area contributed by atoms with Crippen LogP contribution in [0.2, 0.25) is 0 Å². The van der Waals surface area contributed by atoms with Crippen molar-refractivity contribution in [2.24, 2.45) is 7.05 Å². The fourth-order valence-corrected chi connectivity index (χ4v) is 2.73. The number of aromatic nitrogens is 2. The number of anilines is 1. The van der Waals surface area contributed by atoms with Crippen molar-refractivity contribution in [3.8, 4) is 0 Å². The van der Waals surface area contributed by atoms with Crippen LogP contribution < -0.4 is 10.2 Å². The molecule has 0 aromatic carbocycles. The maximum atomic E-state index is 9.34. The van der Waals surface area contributed by atoms with Gasteiger partial charge in [0, 0.05) is 25.7 Å². The highest BCUT2D eigenvalue weighted by molar-refractivity contribution is 5.51. The molecule has 1 saturated heterocycles. The lowest BCUT2D eigenvalue weighted by molar-refractivity contribution is -0.0108. The SMILES string of the molecule is CCNCc1c(C)nn(C)c1N1CC(CO)OCC1C. The molecule has 6 heteroatoms. The second-order valence-electron chi connectivity index (χ2n) is 5.43. The Hall–Kier alpha value is -1.11. The molecule has 0 amide bonds. The van der Waals surface area contributed by atoms with E-state index in [4.69, 9.17) is 4.74 Å². The van der Waals surface area contributed by atoms with E-state index in [-0.39, 0.29) is 18.8 Å². The van der Waals surface area contributed by atoms with Gasteiger partial charge >= 0.3 is 0 Å². The Labute approximate surface area is 120 Å². The molecule has 114 valence electrons. The topological polar surface area (TPSA) is 62.6 Å². The van der Waals surface area contributed by atoms with E-state index in [0.29, 0.717) is 13.2 Å². The van der Waals surface area contributed by atoms with Crippen LogP contribution in [0, 0.1) is 6.92 Å². The number of morpholine rings is 1. The van der Waals surface area contributed by atoms with Crippen molar-refractivity contribution in [1.82, 2.24) is 15.1 Å². The minimum atomic E-state index is -0.117. The summed E-state index contributed by atoms with van der Waals surface area (Å²) in [4.78, 5) is 2.30. The second-order valence-corrected chi connectivity index (χ2v) is 5.43. The van der Waals surface area contributed by atoms with Crippen molar-refractivity contribution in [3.05, 3.63) is 11.3 Å². The summed E-state index contributed by atoms with van der Waals surface area (Å²) in [5, 5.41) is 17.3. The first-order valence-corrected chi connectivity index (χ1v) is 7.30. The monoisotopic (exact) mass is 282 g/mol. The number of aliphatic hydroxyl groups is 1. The first-order valence-electron chi connectivity index (χ1n) is 7.30. The van der Waals surface area contributed by atoms with E-state index in [0.717, 1.165) is 24.6 Å². The molecule has 1 aliphatic rings. The molecule has 20 heavy (non-hydrogen) atoms. The van der Waals surface area contributed by atoms with Gasteiger partial charge in [-0.1, -0.05) is 6.92 Å². The first kappa shape index (κ1) is 15.3. The number of nitrogens with zero attached hydrogens (tertiary/aromatic N) is 3. The van der Waals surface area contributed by atoms with Crippen LogP contribution in [0.25, 0.3) is 0 Å². The lowest BCUT2D eigenvalue weighted by atomic mass is 10.1. The molecule has 0 radical (unpaired) electrons. The molecule has 0 bridgehead atoms. The van der Waals surface area contributed by atoms with Gasteiger partial charge in [-0.05, 0) is 20.4 Å². The van der Waals surface area contributed by atoms with Crippen LogP contribution in [0.3, 0.4) is 0 Å². The van der Waals surface area contributed by atoms with Crippen molar-refractivity contribution >= 4 is 5.82 Å². The Morgan fingerprint density at radius 1 is 1.50 bits per heavy atom. The van der Waals surface area contributed by atoms with Gasteiger partial charge < -0.3 is 20.1 Å². The predicted molar refractivity (Wildman–Crippen MR) is 79.0 cm³/mol. The lowest BCUT2D eigenvalue weighted by Crippen LogP contribution is -2.50. The molecular formula is C14H26N4O2. The third-order valence-electron chi connectivity index (χ3n) is 3.85. The minimum Gasteiger partial charge on any atom is -0.394 e. The van der Waals surface area contributed by atoms with E-state index in [1.54, 1.807) is 0 Å². The molecule has 1 aliphatic heterocycles. The van der Waals surface area contributed by atoms with Crippen molar-refractivity contribution in [1.29, 1.82) is 0 Å². The summed E-state index contributed by atoms with van der Waals surface area (Å²) in [7, 11) is 1.98. The third kappa shape index (κ3) is 2.97. The average Bonchev–Trinajstić information content (AvgIpc) is 2.71. The van der Waals surface area contributed by atoms with Crippen LogP contribution in [0.1, 0.15) is 25.1 Å². The lowest BCUT2D eigenvalue weighted by Gasteiger charge is -2.39. The zero-order chi connectivity index (χ0) is 14.7. The minimum absolute atomic E-state index is 0.0581. The van der Waals surface area contributed by atoms with Crippen LogP contribution in [-0.2, 0) is 18.3 Å². The average molecular weight is 282 g/mol. The summed E-state index contributed by atoms with van der Waals surface area (Å²) in [5.41, 5.74) is 2.29. The van der Waals surface area contributed by atoms with Crippen LogP contribution >= 0.6 is 0 Å². The van der Waals surface area contributed by atoms with E-state index in [2.05, 4.69) is 29.2 Å². The van der Waals surface area contributed by atoms with E-state index < -0.39 is 0 Å². The smallest absolute Gasteiger partial charge is 0.131 e. The number of aryl methyl sites for hydroxylation is 2. The summed E-state index contributed by atoms with van der Waals surface area (Å²) in [6, 6.07) is 0.285. The fourth-order valence-electron chi connectivity index (χ4n) is 2.73. The van der Waals surface area contributed by atoms with E-state index in [1.165, 1.54) is 5.56 Å². The number of aliphatic hydroxyl groups excluding tert-OH is 1.